The van der Waals surface area contributed by atoms with Gasteiger partial charge in [-0.2, -0.15) is 0 Å². The van der Waals surface area contributed by atoms with E-state index in [0.29, 0.717) is 11.3 Å². The van der Waals surface area contributed by atoms with Crippen LogP contribution in [0, 0.1) is 5.92 Å². The van der Waals surface area contributed by atoms with Gasteiger partial charge in [-0.1, -0.05) is 26.0 Å². The number of ether oxygens (including phenoxy) is 2. The van der Waals surface area contributed by atoms with Crippen LogP contribution in [0.1, 0.15) is 32.4 Å². The average Bonchev–Trinajstić information content (AvgIpc) is 2.83. The van der Waals surface area contributed by atoms with Gasteiger partial charge in [-0.15, -0.1) is 0 Å². The molecule has 1 aliphatic rings. The molecule has 1 atom stereocenters. The van der Waals surface area contributed by atoms with Crippen molar-refractivity contribution in [3.05, 3.63) is 41.2 Å². The van der Waals surface area contributed by atoms with Crippen LogP contribution in [0.3, 0.4) is 0 Å². The Morgan fingerprint density at radius 3 is 2.58 bits per heavy atom. The van der Waals surface area contributed by atoms with Gasteiger partial charge in [0.1, 0.15) is 5.75 Å². The van der Waals surface area contributed by atoms with Crippen molar-refractivity contribution in [2.24, 2.45) is 5.92 Å². The molecule has 1 unspecified atom stereocenters. The zero-order valence-corrected chi connectivity index (χ0v) is 15.3. The number of amides is 1. The highest BCUT2D eigenvalue weighted by Crippen LogP contribution is 2.39. The summed E-state index contributed by atoms with van der Waals surface area (Å²) in [6, 6.07) is 5.82. The molecule has 2 rings (SSSR count). The molecule has 1 aromatic rings. The summed E-state index contributed by atoms with van der Waals surface area (Å²) in [5.41, 5.74) is 0.627. The summed E-state index contributed by atoms with van der Waals surface area (Å²) in [4.78, 5) is 37.8. The standard InChI is InChI=1S/C19H23NO6/c1-11(2)17(22)15-16(20(8-9-25-4)19(24)18(15)23)13-6-5-7-14(10-13)26-12(3)21/h5-7,10-11,16,23H,8-9H2,1-4H3. The fourth-order valence-electron chi connectivity index (χ4n) is 2.90. The number of methoxy groups -OCH3 is 1. The predicted molar refractivity (Wildman–Crippen MR) is 93.6 cm³/mol. The first-order chi connectivity index (χ1) is 12.3. The number of hydrogen-bond donors (Lipinski definition) is 1. The van der Waals surface area contributed by atoms with E-state index in [1.54, 1.807) is 38.1 Å². The number of carbonyl (C=O) groups is 3. The zero-order valence-electron chi connectivity index (χ0n) is 15.3. The molecule has 7 nitrogen and oxygen atoms in total. The van der Waals surface area contributed by atoms with Crippen LogP contribution < -0.4 is 4.74 Å². The van der Waals surface area contributed by atoms with Gasteiger partial charge in [-0.3, -0.25) is 14.4 Å². The molecule has 7 heteroatoms. The number of benzene rings is 1. The van der Waals surface area contributed by atoms with E-state index in [-0.39, 0.29) is 30.4 Å². The maximum absolute atomic E-state index is 12.7. The Kier molecular flexibility index (Phi) is 6.15. The third-order valence-corrected chi connectivity index (χ3v) is 4.07. The van der Waals surface area contributed by atoms with Crippen LogP contribution in [0.15, 0.2) is 35.6 Å². The molecule has 26 heavy (non-hydrogen) atoms. The molecule has 0 radical (unpaired) electrons. The minimum Gasteiger partial charge on any atom is -0.503 e. The van der Waals surface area contributed by atoms with Gasteiger partial charge in [-0.25, -0.2) is 0 Å². The van der Waals surface area contributed by atoms with Crippen molar-refractivity contribution < 1.29 is 29.0 Å². The average molecular weight is 361 g/mol. The third kappa shape index (κ3) is 3.94. The summed E-state index contributed by atoms with van der Waals surface area (Å²) in [5, 5.41) is 10.3. The maximum atomic E-state index is 12.7. The van der Waals surface area contributed by atoms with Crippen LogP contribution in [0.4, 0.5) is 0 Å². The van der Waals surface area contributed by atoms with Gasteiger partial charge >= 0.3 is 5.97 Å². The molecule has 1 heterocycles. The van der Waals surface area contributed by atoms with Crippen LogP contribution in [0.5, 0.6) is 5.75 Å². The molecule has 0 saturated carbocycles. The monoisotopic (exact) mass is 361 g/mol. The van der Waals surface area contributed by atoms with E-state index in [9.17, 15) is 19.5 Å². The highest BCUT2D eigenvalue weighted by Gasteiger charge is 2.43. The van der Waals surface area contributed by atoms with E-state index in [2.05, 4.69) is 0 Å². The van der Waals surface area contributed by atoms with E-state index in [1.165, 1.54) is 18.9 Å². The van der Waals surface area contributed by atoms with Gasteiger partial charge in [0.25, 0.3) is 5.91 Å². The van der Waals surface area contributed by atoms with E-state index < -0.39 is 23.7 Å². The van der Waals surface area contributed by atoms with Crippen molar-refractivity contribution in [3.63, 3.8) is 0 Å². The van der Waals surface area contributed by atoms with Crippen molar-refractivity contribution >= 4 is 17.7 Å². The number of aliphatic hydroxyl groups excluding tert-OH is 1. The van der Waals surface area contributed by atoms with Crippen LogP contribution in [0.25, 0.3) is 0 Å². The number of nitrogens with zero attached hydrogens (tertiary/aromatic N) is 1. The quantitative estimate of drug-likeness (QED) is 0.591. The highest BCUT2D eigenvalue weighted by atomic mass is 16.5. The summed E-state index contributed by atoms with van der Waals surface area (Å²) in [5.74, 6) is -2.02. The van der Waals surface area contributed by atoms with Crippen LogP contribution in [-0.2, 0) is 19.1 Å². The Bertz CT molecular complexity index is 752. The Hall–Kier alpha value is -2.67. The van der Waals surface area contributed by atoms with Gasteiger partial charge in [0, 0.05) is 26.5 Å². The van der Waals surface area contributed by atoms with E-state index in [1.807, 2.05) is 0 Å². The zero-order chi connectivity index (χ0) is 19.4. The molecular weight excluding hydrogens is 338 g/mol. The van der Waals surface area contributed by atoms with Crippen LogP contribution >= 0.6 is 0 Å². The Morgan fingerprint density at radius 2 is 2.00 bits per heavy atom. The van der Waals surface area contributed by atoms with Gasteiger partial charge in [0.05, 0.1) is 18.2 Å². The van der Waals surface area contributed by atoms with Crippen LogP contribution in [0.2, 0.25) is 0 Å². The molecule has 140 valence electrons. The first-order valence-electron chi connectivity index (χ1n) is 8.33. The van der Waals surface area contributed by atoms with Crippen molar-refractivity contribution in [1.29, 1.82) is 0 Å². The topological polar surface area (TPSA) is 93.1 Å². The molecule has 0 fully saturated rings. The lowest BCUT2D eigenvalue weighted by Gasteiger charge is -2.27. The smallest absolute Gasteiger partial charge is 0.308 e. The predicted octanol–water partition coefficient (Wildman–Crippen LogP) is 2.18. The number of Topliss-reactive ketones (excluding diaryl/α,β-unsaturated/α-hetero) is 1. The van der Waals surface area contributed by atoms with Crippen molar-refractivity contribution in [2.45, 2.75) is 26.8 Å². The lowest BCUT2D eigenvalue weighted by molar-refractivity contribution is -0.132. The fourth-order valence-corrected chi connectivity index (χ4v) is 2.90. The first-order valence-corrected chi connectivity index (χ1v) is 8.33. The molecule has 0 bridgehead atoms. The van der Waals surface area contributed by atoms with Gasteiger partial charge in [0.2, 0.25) is 0 Å². The maximum Gasteiger partial charge on any atom is 0.308 e. The molecule has 0 aliphatic carbocycles. The first kappa shape index (κ1) is 19.7. The van der Waals surface area contributed by atoms with E-state index in [4.69, 9.17) is 9.47 Å². The molecule has 1 aliphatic heterocycles. The summed E-state index contributed by atoms with van der Waals surface area (Å²) >= 11 is 0. The normalized spacial score (nSPS) is 17.2. The van der Waals surface area contributed by atoms with Gasteiger partial charge < -0.3 is 19.5 Å². The number of ketones is 1. The molecule has 0 aromatic heterocycles. The molecule has 0 spiro atoms. The molecule has 1 aromatic carbocycles. The van der Waals surface area contributed by atoms with Crippen LogP contribution in [-0.4, -0.2) is 47.9 Å². The Labute approximate surface area is 152 Å². The summed E-state index contributed by atoms with van der Waals surface area (Å²) in [7, 11) is 1.50. The summed E-state index contributed by atoms with van der Waals surface area (Å²) < 4.78 is 10.1. The Morgan fingerprint density at radius 1 is 1.31 bits per heavy atom. The van der Waals surface area contributed by atoms with Gasteiger partial charge in [-0.05, 0) is 17.7 Å². The highest BCUT2D eigenvalue weighted by molar-refractivity contribution is 6.09. The number of esters is 1. The van der Waals surface area contributed by atoms with Crippen molar-refractivity contribution in [1.82, 2.24) is 4.90 Å². The number of rotatable bonds is 7. The second kappa shape index (κ2) is 8.14. The summed E-state index contributed by atoms with van der Waals surface area (Å²) in [6.07, 6.45) is 0. The number of hydrogen-bond acceptors (Lipinski definition) is 6. The molecule has 1 amide bonds. The second-order valence-electron chi connectivity index (χ2n) is 6.34. The molecule has 1 N–H and O–H groups in total. The number of aliphatic hydroxyl groups is 1. The minimum absolute atomic E-state index is 0.0566. The Balaban J connectivity index is 2.52. The number of carbonyl (C=O) groups excluding carboxylic acids is 3. The lowest BCUT2D eigenvalue weighted by atomic mass is 9.91. The minimum atomic E-state index is -0.761. The molecule has 0 saturated heterocycles. The second-order valence-corrected chi connectivity index (χ2v) is 6.34. The van der Waals surface area contributed by atoms with Crippen molar-refractivity contribution in [3.8, 4) is 5.75 Å². The lowest BCUT2D eigenvalue weighted by Crippen LogP contribution is -2.34. The van der Waals surface area contributed by atoms with E-state index >= 15 is 0 Å². The molecular formula is C19H23NO6. The largest absolute Gasteiger partial charge is 0.503 e. The van der Waals surface area contributed by atoms with E-state index in [0.717, 1.165) is 0 Å². The van der Waals surface area contributed by atoms with Crippen molar-refractivity contribution in [2.75, 3.05) is 20.3 Å². The summed E-state index contributed by atoms with van der Waals surface area (Å²) in [6.45, 7) is 5.16. The fraction of sp³-hybridized carbons (Fsp3) is 0.421. The SMILES string of the molecule is COCCN1C(=O)C(O)=C(C(=O)C(C)C)C1c1cccc(OC(C)=O)c1. The third-order valence-electron chi connectivity index (χ3n) is 4.07. The van der Waals surface area contributed by atoms with Gasteiger partial charge in [0.15, 0.2) is 11.5 Å².